The van der Waals surface area contributed by atoms with Gasteiger partial charge in [-0.3, -0.25) is 0 Å². The molecule has 0 amide bonds. The van der Waals surface area contributed by atoms with Crippen molar-refractivity contribution >= 4 is 37.4 Å². The summed E-state index contributed by atoms with van der Waals surface area (Å²) in [6.45, 7) is 2.28. The van der Waals surface area contributed by atoms with Gasteiger partial charge in [0, 0.05) is 0 Å². The lowest BCUT2D eigenvalue weighted by Crippen LogP contribution is -2.49. The van der Waals surface area contributed by atoms with Gasteiger partial charge in [0.1, 0.15) is 0 Å². The number of unbranched alkanes of at least 4 members (excludes halogenated alkanes) is 1. The van der Waals surface area contributed by atoms with Gasteiger partial charge >= 0.3 is 0 Å². The van der Waals surface area contributed by atoms with E-state index < -0.39 is 16.3 Å². The van der Waals surface area contributed by atoms with Gasteiger partial charge in [0.05, 0.1) is 0 Å². The lowest BCUT2D eigenvalue weighted by molar-refractivity contribution is 0.214. The number of hydrogen-bond donors (Lipinski definition) is 0. The summed E-state index contributed by atoms with van der Waals surface area (Å²) in [5.41, 5.74) is 1.64. The van der Waals surface area contributed by atoms with Crippen LogP contribution in [-0.2, 0) is 6.42 Å². The molecule has 1 saturated heterocycles. The van der Waals surface area contributed by atoms with Crippen LogP contribution in [0.1, 0.15) is 44.6 Å². The Morgan fingerprint density at radius 3 is 1.68 bits per heavy atom. The van der Waals surface area contributed by atoms with Crippen LogP contribution in [-0.4, -0.2) is 8.41 Å². The molecule has 0 N–H and O–H groups in total. The third-order valence-corrected chi connectivity index (χ3v) is 14.2. The van der Waals surface area contributed by atoms with Gasteiger partial charge in [-0.25, -0.2) is 0 Å². The van der Waals surface area contributed by atoms with Crippen LogP contribution in [0.4, 0.5) is 4.11 Å². The number of hydrogen-bond acceptors (Lipinski definition) is 0. The van der Waals surface area contributed by atoms with E-state index in [2.05, 4.69) is 91.9 Å². The Labute approximate surface area is 224 Å². The van der Waals surface area contributed by atoms with E-state index in [0.29, 0.717) is 0 Å². The van der Waals surface area contributed by atoms with Gasteiger partial charge in [-0.05, 0) is 77.8 Å². The topological polar surface area (TPSA) is 0 Å². The number of benzene rings is 4. The van der Waals surface area contributed by atoms with Gasteiger partial charge < -0.3 is 4.11 Å². The molecule has 0 unspecified atom stereocenters. The maximum atomic E-state index is 16.1. The first-order valence-electron chi connectivity index (χ1n) is 13.8. The van der Waals surface area contributed by atoms with E-state index in [1.165, 1.54) is 40.7 Å². The van der Waals surface area contributed by atoms with Gasteiger partial charge in [0.2, 0.25) is 0 Å². The van der Waals surface area contributed by atoms with Crippen molar-refractivity contribution < 1.29 is 4.11 Å². The summed E-state index contributed by atoms with van der Waals surface area (Å²) >= 11 is 0. The highest BCUT2D eigenvalue weighted by Crippen LogP contribution is 2.47. The fraction of sp³-hybridized carbons (Fsp3) is 0.294. The quantitative estimate of drug-likeness (QED) is 0.119. The van der Waals surface area contributed by atoms with Crippen molar-refractivity contribution in [2.75, 3.05) is 0 Å². The molecule has 0 atom stereocenters. The molecule has 0 bridgehead atoms. The van der Waals surface area contributed by atoms with Crippen molar-refractivity contribution in [1.29, 1.82) is 0 Å². The van der Waals surface area contributed by atoms with E-state index in [9.17, 15) is 0 Å². The van der Waals surface area contributed by atoms with Crippen LogP contribution >= 0.6 is 7.92 Å². The largest absolute Gasteiger partial charge is 0.308 e. The van der Waals surface area contributed by atoms with Crippen molar-refractivity contribution in [2.24, 2.45) is 5.41 Å². The first kappa shape index (κ1) is 26.1. The van der Waals surface area contributed by atoms with E-state index in [1.54, 1.807) is 0 Å². The van der Waals surface area contributed by atoms with E-state index >= 15 is 4.11 Å². The summed E-state index contributed by atoms with van der Waals surface area (Å²) in [4.78, 5) is 0. The molecule has 0 aliphatic carbocycles. The van der Waals surface area contributed by atoms with E-state index in [-0.39, 0.29) is 5.41 Å². The molecule has 0 spiro atoms. The second-order valence-electron chi connectivity index (χ2n) is 10.8. The van der Waals surface area contributed by atoms with Crippen molar-refractivity contribution in [3.8, 4) is 0 Å². The Morgan fingerprint density at radius 1 is 0.676 bits per heavy atom. The van der Waals surface area contributed by atoms with E-state index in [4.69, 9.17) is 0 Å². The summed E-state index contributed by atoms with van der Waals surface area (Å²) < 4.78 is 16.1. The highest BCUT2D eigenvalue weighted by atomic mass is 31.1. The van der Waals surface area contributed by atoms with Crippen LogP contribution in [0.15, 0.2) is 115 Å². The predicted molar refractivity (Wildman–Crippen MR) is 163 cm³/mol. The molecular formula is C34H38FPSi. The zero-order valence-electron chi connectivity index (χ0n) is 22.0. The zero-order valence-corrected chi connectivity index (χ0v) is 23.8. The summed E-state index contributed by atoms with van der Waals surface area (Å²) in [5, 5.41) is 5.15. The minimum Gasteiger partial charge on any atom is -0.308 e. The minimum absolute atomic E-state index is 0.235. The lowest BCUT2D eigenvalue weighted by Gasteiger charge is -2.42. The van der Waals surface area contributed by atoms with Crippen LogP contribution < -0.4 is 21.1 Å². The summed E-state index contributed by atoms with van der Waals surface area (Å²) in [5.74, 6) is 0. The first-order chi connectivity index (χ1) is 18.1. The standard InChI is InChI=1S/C34H38FPSi/c1-2-3-23-34(24-26-37(35,27-25-34)33-17-11-6-12-18-33)28-29-19-21-32(22-20-29)36(30-13-7-4-8-14-30)31-15-9-5-10-16-31/h4-22H,2-3,23-28H2,1H3. The fourth-order valence-electron chi connectivity index (χ4n) is 6.07. The lowest BCUT2D eigenvalue weighted by atomic mass is 9.73. The Hall–Kier alpha value is -2.54. The molecule has 5 rings (SSSR count). The van der Waals surface area contributed by atoms with Gasteiger partial charge in [-0.15, -0.1) is 0 Å². The molecule has 0 nitrogen and oxygen atoms in total. The van der Waals surface area contributed by atoms with Gasteiger partial charge in [-0.1, -0.05) is 135 Å². The normalized spacial score (nSPS) is 21.7. The molecule has 4 aromatic rings. The SMILES string of the molecule is CCCCC1(Cc2ccc(P(c3ccccc3)c3ccccc3)cc2)CC[Si](F)(c2ccccc2)CC1. The first-order valence-corrected chi connectivity index (χ1v) is 17.5. The summed E-state index contributed by atoms with van der Waals surface area (Å²) in [6.07, 6.45) is 6.76. The number of rotatable bonds is 9. The second kappa shape index (κ2) is 11.9. The maximum Gasteiger partial charge on any atom is 0.277 e. The van der Waals surface area contributed by atoms with Gasteiger partial charge in [0.25, 0.3) is 8.41 Å². The van der Waals surface area contributed by atoms with Gasteiger partial charge in [-0.2, -0.15) is 0 Å². The molecule has 1 fully saturated rings. The fourth-order valence-corrected chi connectivity index (χ4v) is 11.8. The molecule has 3 heteroatoms. The third-order valence-electron chi connectivity index (χ3n) is 8.26. The number of halogens is 1. The molecule has 1 aliphatic heterocycles. The van der Waals surface area contributed by atoms with Crippen LogP contribution in [0.2, 0.25) is 12.1 Å². The maximum absolute atomic E-state index is 16.1. The molecule has 37 heavy (non-hydrogen) atoms. The van der Waals surface area contributed by atoms with Gasteiger partial charge in [0.15, 0.2) is 0 Å². The highest BCUT2D eigenvalue weighted by Gasteiger charge is 2.46. The van der Waals surface area contributed by atoms with Crippen molar-refractivity contribution in [3.05, 3.63) is 121 Å². The predicted octanol–water partition coefficient (Wildman–Crippen LogP) is 7.78. The van der Waals surface area contributed by atoms with E-state index in [0.717, 1.165) is 36.5 Å². The van der Waals surface area contributed by atoms with Crippen LogP contribution in [0.25, 0.3) is 0 Å². The third kappa shape index (κ3) is 6.14. The van der Waals surface area contributed by atoms with Crippen molar-refractivity contribution in [2.45, 2.75) is 57.5 Å². The Bertz CT molecular complexity index is 1190. The van der Waals surface area contributed by atoms with Crippen LogP contribution in [0, 0.1) is 5.41 Å². The minimum atomic E-state index is -2.85. The molecule has 1 aliphatic rings. The Morgan fingerprint density at radius 2 is 1.16 bits per heavy atom. The Kier molecular flexibility index (Phi) is 8.38. The molecule has 0 saturated carbocycles. The molecule has 0 radical (unpaired) electrons. The Balaban J connectivity index is 1.37. The molecule has 4 aromatic carbocycles. The van der Waals surface area contributed by atoms with Crippen LogP contribution in [0.3, 0.4) is 0 Å². The van der Waals surface area contributed by atoms with Crippen LogP contribution in [0.5, 0.6) is 0 Å². The molecule has 1 heterocycles. The summed E-state index contributed by atoms with van der Waals surface area (Å²) in [7, 11) is -3.44. The van der Waals surface area contributed by atoms with Crippen molar-refractivity contribution in [1.82, 2.24) is 0 Å². The smallest absolute Gasteiger partial charge is 0.277 e. The second-order valence-corrected chi connectivity index (χ2v) is 16.5. The molecule has 0 aromatic heterocycles. The van der Waals surface area contributed by atoms with E-state index in [1.807, 2.05) is 30.3 Å². The monoisotopic (exact) mass is 524 g/mol. The molecule has 190 valence electrons. The van der Waals surface area contributed by atoms with Crippen molar-refractivity contribution in [3.63, 3.8) is 0 Å². The molecular weight excluding hydrogens is 486 g/mol. The highest BCUT2D eigenvalue weighted by molar-refractivity contribution is 7.79. The summed E-state index contributed by atoms with van der Waals surface area (Å²) in [6, 6.07) is 42.8. The average Bonchev–Trinajstić information content (AvgIpc) is 2.96. The zero-order chi connectivity index (χ0) is 25.6. The average molecular weight is 525 g/mol.